The van der Waals surface area contributed by atoms with E-state index < -0.39 is 0 Å². The van der Waals surface area contributed by atoms with Gasteiger partial charge in [-0.1, -0.05) is 0 Å². The van der Waals surface area contributed by atoms with Gasteiger partial charge in [-0.25, -0.2) is 0 Å². The van der Waals surface area contributed by atoms with Crippen LogP contribution in [0.15, 0.2) is 0 Å². The van der Waals surface area contributed by atoms with Crippen LogP contribution in [0.2, 0.25) is 0 Å². The molecule has 0 amide bonds. The Morgan fingerprint density at radius 3 is 2.64 bits per heavy atom. The molecule has 0 bridgehead atoms. The summed E-state index contributed by atoms with van der Waals surface area (Å²) in [5.41, 5.74) is 0. The predicted molar refractivity (Wildman–Crippen MR) is 59.4 cm³/mol. The molecule has 0 aromatic carbocycles. The number of hydrogen-bond donors (Lipinski definition) is 2. The number of piperidine rings is 1. The van der Waals surface area contributed by atoms with Gasteiger partial charge in [0.2, 0.25) is 0 Å². The molecule has 0 saturated carbocycles. The molecule has 1 heterocycles. The Balaban J connectivity index is 1.96. The fourth-order valence-electron chi connectivity index (χ4n) is 1.92. The number of rotatable bonds is 5. The molecule has 84 valence electrons. The van der Waals surface area contributed by atoms with Crippen LogP contribution in [0.4, 0.5) is 0 Å². The maximum absolute atomic E-state index is 9.09. The molecule has 1 fully saturated rings. The summed E-state index contributed by atoms with van der Waals surface area (Å²) in [4.78, 5) is 2.38. The van der Waals surface area contributed by atoms with Crippen molar-refractivity contribution in [1.82, 2.24) is 10.2 Å². The molecule has 1 rings (SSSR count). The van der Waals surface area contributed by atoms with Crippen LogP contribution in [0.5, 0.6) is 0 Å². The van der Waals surface area contributed by atoms with Crippen LogP contribution in [0, 0.1) is 0 Å². The van der Waals surface area contributed by atoms with E-state index in [9.17, 15) is 0 Å². The summed E-state index contributed by atoms with van der Waals surface area (Å²) < 4.78 is 0. The van der Waals surface area contributed by atoms with Crippen molar-refractivity contribution in [2.24, 2.45) is 0 Å². The first kappa shape index (κ1) is 12.0. The molecule has 14 heavy (non-hydrogen) atoms. The van der Waals surface area contributed by atoms with Gasteiger partial charge in [0, 0.05) is 6.04 Å². The maximum atomic E-state index is 9.09. The number of nitrogens with one attached hydrogen (secondary N) is 1. The number of aliphatic hydroxyl groups excluding tert-OH is 1. The highest BCUT2D eigenvalue weighted by molar-refractivity contribution is 4.75. The largest absolute Gasteiger partial charge is 0.393 e. The second-order valence-corrected chi connectivity index (χ2v) is 4.52. The average Bonchev–Trinajstić information content (AvgIpc) is 2.15. The smallest absolute Gasteiger partial charge is 0.0512 e. The zero-order valence-electron chi connectivity index (χ0n) is 9.50. The van der Waals surface area contributed by atoms with Crippen molar-refractivity contribution in [2.75, 3.05) is 26.7 Å². The minimum Gasteiger partial charge on any atom is -0.393 e. The molecule has 1 aliphatic heterocycles. The SMILES string of the molecule is CC(O)CCCNC1CCN(C)CC1. The normalized spacial score (nSPS) is 22.5. The zero-order chi connectivity index (χ0) is 10.4. The molecule has 3 nitrogen and oxygen atoms in total. The van der Waals surface area contributed by atoms with Crippen LogP contribution in [0.25, 0.3) is 0 Å². The highest BCUT2D eigenvalue weighted by Gasteiger charge is 2.15. The summed E-state index contributed by atoms with van der Waals surface area (Å²) in [5.74, 6) is 0. The van der Waals surface area contributed by atoms with E-state index in [0.29, 0.717) is 6.04 Å². The molecule has 1 atom stereocenters. The number of likely N-dealkylation sites (tertiary alicyclic amines) is 1. The third-order valence-corrected chi connectivity index (χ3v) is 2.95. The quantitative estimate of drug-likeness (QED) is 0.645. The summed E-state index contributed by atoms with van der Waals surface area (Å²) in [7, 11) is 2.18. The Morgan fingerprint density at radius 1 is 1.43 bits per heavy atom. The first-order valence-electron chi connectivity index (χ1n) is 5.78. The lowest BCUT2D eigenvalue weighted by Gasteiger charge is -2.29. The van der Waals surface area contributed by atoms with Gasteiger partial charge < -0.3 is 15.3 Å². The lowest BCUT2D eigenvalue weighted by Crippen LogP contribution is -2.41. The van der Waals surface area contributed by atoms with Gasteiger partial charge in [0.1, 0.15) is 0 Å². The fraction of sp³-hybridized carbons (Fsp3) is 1.00. The van der Waals surface area contributed by atoms with Gasteiger partial charge in [-0.3, -0.25) is 0 Å². The molecule has 3 heteroatoms. The highest BCUT2D eigenvalue weighted by Crippen LogP contribution is 2.08. The summed E-state index contributed by atoms with van der Waals surface area (Å²) >= 11 is 0. The van der Waals surface area contributed by atoms with Gasteiger partial charge in [-0.15, -0.1) is 0 Å². The van der Waals surface area contributed by atoms with E-state index in [1.807, 2.05) is 6.92 Å². The molecule has 0 aliphatic carbocycles. The minimum absolute atomic E-state index is 0.144. The van der Waals surface area contributed by atoms with E-state index in [0.717, 1.165) is 19.4 Å². The summed E-state index contributed by atoms with van der Waals surface area (Å²) in [5, 5.41) is 12.6. The second-order valence-electron chi connectivity index (χ2n) is 4.52. The maximum Gasteiger partial charge on any atom is 0.0512 e. The summed E-state index contributed by atoms with van der Waals surface area (Å²) in [6.45, 7) is 5.34. The molecule has 1 aliphatic rings. The van der Waals surface area contributed by atoms with Crippen molar-refractivity contribution < 1.29 is 5.11 Å². The van der Waals surface area contributed by atoms with Gasteiger partial charge in [0.15, 0.2) is 0 Å². The second kappa shape index (κ2) is 6.38. The van der Waals surface area contributed by atoms with Gasteiger partial charge >= 0.3 is 0 Å². The number of hydrogen-bond acceptors (Lipinski definition) is 3. The average molecular weight is 200 g/mol. The van der Waals surface area contributed by atoms with Gasteiger partial charge in [-0.2, -0.15) is 0 Å². The topological polar surface area (TPSA) is 35.5 Å². The Morgan fingerprint density at radius 2 is 2.07 bits per heavy atom. The standard InChI is InChI=1S/C11H24N2O/c1-10(14)4-3-7-12-11-5-8-13(2)9-6-11/h10-12,14H,3-9H2,1-2H3. The number of aliphatic hydroxyl groups is 1. The predicted octanol–water partition coefficient (Wildman–Crippen LogP) is 0.831. The Kier molecular flexibility index (Phi) is 5.45. The van der Waals surface area contributed by atoms with Gasteiger partial charge in [-0.05, 0) is 59.3 Å². The summed E-state index contributed by atoms with van der Waals surface area (Å²) in [6, 6.07) is 0.709. The Hall–Kier alpha value is -0.120. The Labute approximate surface area is 87.5 Å². The van der Waals surface area contributed by atoms with Crippen LogP contribution in [-0.4, -0.2) is 48.8 Å². The number of nitrogens with zero attached hydrogens (tertiary/aromatic N) is 1. The van der Waals surface area contributed by atoms with Gasteiger partial charge in [0.05, 0.1) is 6.10 Å². The van der Waals surface area contributed by atoms with E-state index in [4.69, 9.17) is 5.11 Å². The fourth-order valence-corrected chi connectivity index (χ4v) is 1.92. The van der Waals surface area contributed by atoms with Crippen molar-refractivity contribution in [3.05, 3.63) is 0 Å². The van der Waals surface area contributed by atoms with Gasteiger partial charge in [0.25, 0.3) is 0 Å². The first-order valence-corrected chi connectivity index (χ1v) is 5.78. The molecule has 2 N–H and O–H groups in total. The van der Waals surface area contributed by atoms with Crippen LogP contribution in [0.1, 0.15) is 32.6 Å². The Bertz CT molecular complexity index is 142. The van der Waals surface area contributed by atoms with Crippen LogP contribution in [0.3, 0.4) is 0 Å². The van der Waals surface area contributed by atoms with Crippen molar-refractivity contribution in [1.29, 1.82) is 0 Å². The molecular formula is C11H24N2O. The lowest BCUT2D eigenvalue weighted by atomic mass is 10.1. The van der Waals surface area contributed by atoms with Crippen molar-refractivity contribution in [3.63, 3.8) is 0 Å². The molecular weight excluding hydrogens is 176 g/mol. The van der Waals surface area contributed by atoms with E-state index >= 15 is 0 Å². The van der Waals surface area contributed by atoms with Crippen molar-refractivity contribution >= 4 is 0 Å². The zero-order valence-corrected chi connectivity index (χ0v) is 9.50. The molecule has 1 unspecified atom stereocenters. The molecule has 1 saturated heterocycles. The molecule has 0 aromatic heterocycles. The van der Waals surface area contributed by atoms with Crippen LogP contribution in [-0.2, 0) is 0 Å². The van der Waals surface area contributed by atoms with E-state index in [2.05, 4.69) is 17.3 Å². The molecule has 0 spiro atoms. The minimum atomic E-state index is -0.144. The monoisotopic (exact) mass is 200 g/mol. The third-order valence-electron chi connectivity index (χ3n) is 2.95. The highest BCUT2D eigenvalue weighted by atomic mass is 16.3. The molecule has 0 aromatic rings. The van der Waals surface area contributed by atoms with E-state index in [-0.39, 0.29) is 6.10 Å². The van der Waals surface area contributed by atoms with Crippen molar-refractivity contribution in [3.8, 4) is 0 Å². The van der Waals surface area contributed by atoms with Crippen LogP contribution < -0.4 is 5.32 Å². The van der Waals surface area contributed by atoms with E-state index in [1.165, 1.54) is 25.9 Å². The first-order chi connectivity index (χ1) is 6.68. The lowest BCUT2D eigenvalue weighted by molar-refractivity contribution is 0.179. The van der Waals surface area contributed by atoms with Crippen LogP contribution >= 0.6 is 0 Å². The summed E-state index contributed by atoms with van der Waals surface area (Å²) in [6.07, 6.45) is 4.40. The van der Waals surface area contributed by atoms with Crippen molar-refractivity contribution in [2.45, 2.75) is 44.8 Å². The van der Waals surface area contributed by atoms with E-state index in [1.54, 1.807) is 0 Å². The third kappa shape index (κ3) is 4.94. The molecule has 0 radical (unpaired) electrons.